The molecule has 3 nitrogen and oxygen atoms in total. The highest BCUT2D eigenvalue weighted by molar-refractivity contribution is 7.09. The lowest BCUT2D eigenvalue weighted by Crippen LogP contribution is -2.27. The van der Waals surface area contributed by atoms with E-state index in [1.807, 2.05) is 0 Å². The van der Waals surface area contributed by atoms with Gasteiger partial charge in [-0.15, -0.1) is 11.3 Å². The fourth-order valence-corrected chi connectivity index (χ4v) is 1.88. The molecule has 1 atom stereocenters. The Labute approximate surface area is 95.4 Å². The van der Waals surface area contributed by atoms with Gasteiger partial charge in [0.1, 0.15) is 0 Å². The lowest BCUT2D eigenvalue weighted by Gasteiger charge is -2.13. The van der Waals surface area contributed by atoms with Crippen molar-refractivity contribution in [2.45, 2.75) is 19.6 Å². The predicted molar refractivity (Wildman–Crippen MR) is 63.3 cm³/mol. The highest BCUT2D eigenvalue weighted by Crippen LogP contribution is 2.07. The third kappa shape index (κ3) is 5.89. The SMILES string of the molecule is COCCOC(C)CNCc1cccs1. The van der Waals surface area contributed by atoms with E-state index in [1.54, 1.807) is 18.4 Å². The molecule has 0 bridgehead atoms. The van der Waals surface area contributed by atoms with E-state index in [2.05, 4.69) is 29.8 Å². The molecule has 0 saturated carbocycles. The Balaban J connectivity index is 1.99. The number of rotatable bonds is 8. The van der Waals surface area contributed by atoms with Gasteiger partial charge in [-0.3, -0.25) is 0 Å². The summed E-state index contributed by atoms with van der Waals surface area (Å²) in [6.07, 6.45) is 0.236. The zero-order valence-electron chi connectivity index (χ0n) is 9.36. The third-order valence-corrected chi connectivity index (χ3v) is 2.88. The first kappa shape index (κ1) is 12.6. The second-order valence-electron chi connectivity index (χ2n) is 3.38. The van der Waals surface area contributed by atoms with Crippen molar-refractivity contribution >= 4 is 11.3 Å². The van der Waals surface area contributed by atoms with Crippen LogP contribution >= 0.6 is 11.3 Å². The van der Waals surface area contributed by atoms with Crippen LogP contribution in [0.15, 0.2) is 17.5 Å². The molecule has 0 amide bonds. The minimum atomic E-state index is 0.236. The lowest BCUT2D eigenvalue weighted by atomic mass is 10.4. The molecule has 15 heavy (non-hydrogen) atoms. The van der Waals surface area contributed by atoms with E-state index in [1.165, 1.54) is 4.88 Å². The first-order valence-electron chi connectivity index (χ1n) is 5.16. The van der Waals surface area contributed by atoms with E-state index in [0.29, 0.717) is 13.2 Å². The average Bonchev–Trinajstić information content (AvgIpc) is 2.71. The van der Waals surface area contributed by atoms with Crippen LogP contribution in [0.1, 0.15) is 11.8 Å². The molecule has 0 aliphatic carbocycles. The van der Waals surface area contributed by atoms with Crippen LogP contribution in [0.3, 0.4) is 0 Å². The van der Waals surface area contributed by atoms with E-state index < -0.39 is 0 Å². The van der Waals surface area contributed by atoms with E-state index in [-0.39, 0.29) is 6.10 Å². The number of thiophene rings is 1. The Morgan fingerprint density at radius 2 is 2.33 bits per heavy atom. The number of nitrogens with one attached hydrogen (secondary N) is 1. The third-order valence-electron chi connectivity index (χ3n) is 2.00. The molecule has 1 unspecified atom stereocenters. The Hall–Kier alpha value is -0.420. The number of hydrogen-bond acceptors (Lipinski definition) is 4. The van der Waals surface area contributed by atoms with Crippen LogP contribution in [0.5, 0.6) is 0 Å². The topological polar surface area (TPSA) is 30.5 Å². The van der Waals surface area contributed by atoms with Crippen molar-refractivity contribution in [2.24, 2.45) is 0 Å². The van der Waals surface area contributed by atoms with Gasteiger partial charge in [0, 0.05) is 25.1 Å². The van der Waals surface area contributed by atoms with Crippen LogP contribution in [-0.2, 0) is 16.0 Å². The highest BCUT2D eigenvalue weighted by Gasteiger charge is 2.01. The van der Waals surface area contributed by atoms with Crippen molar-refractivity contribution in [3.8, 4) is 0 Å². The molecule has 4 heteroatoms. The van der Waals surface area contributed by atoms with Gasteiger partial charge in [0.05, 0.1) is 19.3 Å². The Bertz CT molecular complexity index is 239. The lowest BCUT2D eigenvalue weighted by molar-refractivity contribution is 0.0266. The van der Waals surface area contributed by atoms with Crippen molar-refractivity contribution in [1.29, 1.82) is 0 Å². The molecule has 0 saturated heterocycles. The Kier molecular flexibility index (Phi) is 6.59. The zero-order valence-corrected chi connectivity index (χ0v) is 10.2. The maximum absolute atomic E-state index is 5.52. The summed E-state index contributed by atoms with van der Waals surface area (Å²) in [5.41, 5.74) is 0. The van der Waals surface area contributed by atoms with Crippen molar-refractivity contribution in [2.75, 3.05) is 26.9 Å². The summed E-state index contributed by atoms with van der Waals surface area (Å²) >= 11 is 1.77. The van der Waals surface area contributed by atoms with Gasteiger partial charge < -0.3 is 14.8 Å². The second-order valence-corrected chi connectivity index (χ2v) is 4.42. The molecule has 1 aromatic rings. The molecular weight excluding hydrogens is 210 g/mol. The molecule has 0 aliphatic rings. The van der Waals surface area contributed by atoms with Crippen LogP contribution in [0, 0.1) is 0 Å². The van der Waals surface area contributed by atoms with Gasteiger partial charge in [-0.1, -0.05) is 6.07 Å². The maximum atomic E-state index is 5.52. The smallest absolute Gasteiger partial charge is 0.0704 e. The van der Waals surface area contributed by atoms with E-state index in [9.17, 15) is 0 Å². The summed E-state index contributed by atoms with van der Waals surface area (Å²) in [5.74, 6) is 0. The van der Waals surface area contributed by atoms with E-state index >= 15 is 0 Å². The summed E-state index contributed by atoms with van der Waals surface area (Å²) < 4.78 is 10.4. The highest BCUT2D eigenvalue weighted by atomic mass is 32.1. The summed E-state index contributed by atoms with van der Waals surface area (Å²) in [6, 6.07) is 4.20. The fourth-order valence-electron chi connectivity index (χ4n) is 1.20. The van der Waals surface area contributed by atoms with Crippen LogP contribution in [0.4, 0.5) is 0 Å². The molecule has 86 valence electrons. The average molecular weight is 229 g/mol. The van der Waals surface area contributed by atoms with Gasteiger partial charge in [-0.05, 0) is 18.4 Å². The molecular formula is C11H19NO2S. The summed E-state index contributed by atoms with van der Waals surface area (Å²) in [6.45, 7) is 5.20. The molecule has 1 heterocycles. The minimum absolute atomic E-state index is 0.236. The van der Waals surface area contributed by atoms with Gasteiger partial charge in [-0.25, -0.2) is 0 Å². The van der Waals surface area contributed by atoms with Crippen LogP contribution in [0.25, 0.3) is 0 Å². The largest absolute Gasteiger partial charge is 0.382 e. The summed E-state index contributed by atoms with van der Waals surface area (Å²) in [4.78, 5) is 1.36. The van der Waals surface area contributed by atoms with Gasteiger partial charge in [0.25, 0.3) is 0 Å². The molecule has 0 aromatic carbocycles. The Morgan fingerprint density at radius 1 is 1.47 bits per heavy atom. The monoisotopic (exact) mass is 229 g/mol. The van der Waals surface area contributed by atoms with Gasteiger partial charge in [-0.2, -0.15) is 0 Å². The van der Waals surface area contributed by atoms with E-state index in [0.717, 1.165) is 13.1 Å². The number of hydrogen-bond donors (Lipinski definition) is 1. The molecule has 1 rings (SSSR count). The summed E-state index contributed by atoms with van der Waals surface area (Å²) in [5, 5.41) is 5.45. The van der Waals surface area contributed by atoms with Crippen LogP contribution in [-0.4, -0.2) is 33.0 Å². The Morgan fingerprint density at radius 3 is 3.00 bits per heavy atom. The number of methoxy groups -OCH3 is 1. The maximum Gasteiger partial charge on any atom is 0.0704 e. The normalized spacial score (nSPS) is 12.9. The van der Waals surface area contributed by atoms with Crippen molar-refractivity contribution in [3.05, 3.63) is 22.4 Å². The molecule has 0 fully saturated rings. The molecule has 0 aliphatic heterocycles. The van der Waals surface area contributed by atoms with Crippen LogP contribution in [0.2, 0.25) is 0 Å². The van der Waals surface area contributed by atoms with Gasteiger partial charge >= 0.3 is 0 Å². The molecule has 0 spiro atoms. The fraction of sp³-hybridized carbons (Fsp3) is 0.636. The van der Waals surface area contributed by atoms with Gasteiger partial charge in [0.2, 0.25) is 0 Å². The quantitative estimate of drug-likeness (QED) is 0.691. The first-order valence-corrected chi connectivity index (χ1v) is 6.04. The molecule has 1 aromatic heterocycles. The van der Waals surface area contributed by atoms with Crippen molar-refractivity contribution in [3.63, 3.8) is 0 Å². The second kappa shape index (κ2) is 7.82. The van der Waals surface area contributed by atoms with Crippen molar-refractivity contribution < 1.29 is 9.47 Å². The van der Waals surface area contributed by atoms with Crippen LogP contribution < -0.4 is 5.32 Å². The summed E-state index contributed by atoms with van der Waals surface area (Å²) in [7, 11) is 1.68. The predicted octanol–water partition coefficient (Wildman–Crippen LogP) is 1.89. The van der Waals surface area contributed by atoms with Crippen molar-refractivity contribution in [1.82, 2.24) is 5.32 Å². The molecule has 0 radical (unpaired) electrons. The first-order chi connectivity index (χ1) is 7.33. The van der Waals surface area contributed by atoms with Gasteiger partial charge in [0.15, 0.2) is 0 Å². The standard InChI is InChI=1S/C11H19NO2S/c1-10(14-6-5-13-2)8-12-9-11-4-3-7-15-11/h3-4,7,10,12H,5-6,8-9H2,1-2H3. The minimum Gasteiger partial charge on any atom is -0.382 e. The molecule has 1 N–H and O–H groups in total. The number of ether oxygens (including phenoxy) is 2. The van der Waals surface area contributed by atoms with E-state index in [4.69, 9.17) is 9.47 Å². The zero-order chi connectivity index (χ0) is 10.9.